The van der Waals surface area contributed by atoms with E-state index in [-0.39, 0.29) is 46.5 Å². The molecule has 0 fully saturated rings. The van der Waals surface area contributed by atoms with Crippen molar-refractivity contribution in [2.75, 3.05) is 0 Å². The minimum atomic E-state index is -1.70. The number of fused-ring (bicyclic) bond motifs is 1. The predicted octanol–water partition coefficient (Wildman–Crippen LogP) is 4.28. The molecule has 7 nitrogen and oxygen atoms in total. The summed E-state index contributed by atoms with van der Waals surface area (Å²) in [6, 6.07) is 4.77. The van der Waals surface area contributed by atoms with Crippen LogP contribution in [0, 0.1) is 5.92 Å². The average molecular weight is 440 g/mol. The van der Waals surface area contributed by atoms with Crippen LogP contribution < -0.4 is 4.74 Å². The quantitative estimate of drug-likeness (QED) is 0.424. The fraction of sp³-hybridized carbons (Fsp3) is 0.320. The summed E-state index contributed by atoms with van der Waals surface area (Å²) in [4.78, 5) is 13.0. The number of phenolic OH excluding ortho intramolecular Hbond substituents is 4. The molecule has 170 valence electrons. The minimum absolute atomic E-state index is 0.0428. The molecule has 3 unspecified atom stereocenters. The number of phenols is 4. The summed E-state index contributed by atoms with van der Waals surface area (Å²) < 4.78 is 5.94. The van der Waals surface area contributed by atoms with E-state index in [1.807, 2.05) is 20.8 Å². The van der Waals surface area contributed by atoms with Crippen LogP contribution in [-0.2, 0) is 6.42 Å². The molecular formula is C25H28O7. The van der Waals surface area contributed by atoms with Crippen molar-refractivity contribution in [1.29, 1.82) is 0 Å². The zero-order chi connectivity index (χ0) is 23.7. The second kappa shape index (κ2) is 8.96. The molecule has 0 bridgehead atoms. The van der Waals surface area contributed by atoms with Gasteiger partial charge in [0.2, 0.25) is 5.78 Å². The van der Waals surface area contributed by atoms with Crippen molar-refractivity contribution in [1.82, 2.24) is 0 Å². The number of ketones is 1. The zero-order valence-corrected chi connectivity index (χ0v) is 18.3. The lowest BCUT2D eigenvalue weighted by molar-refractivity contribution is 0.0197. The normalized spacial score (nSPS) is 18.4. The molecular weight excluding hydrogens is 412 g/mol. The molecule has 2 aromatic carbocycles. The monoisotopic (exact) mass is 440 g/mol. The van der Waals surface area contributed by atoms with Gasteiger partial charge in [-0.15, -0.1) is 0 Å². The summed E-state index contributed by atoms with van der Waals surface area (Å²) >= 11 is 0. The fourth-order valence-electron chi connectivity index (χ4n) is 3.80. The van der Waals surface area contributed by atoms with Crippen molar-refractivity contribution in [3.63, 3.8) is 0 Å². The third-order valence-corrected chi connectivity index (χ3v) is 5.67. The third kappa shape index (κ3) is 4.43. The molecule has 0 aliphatic carbocycles. The largest absolute Gasteiger partial charge is 0.508 e. The summed E-state index contributed by atoms with van der Waals surface area (Å²) in [5.41, 5.74) is 2.17. The highest BCUT2D eigenvalue weighted by Crippen LogP contribution is 2.47. The molecule has 1 aliphatic rings. The number of hydrogen-bond acceptors (Lipinski definition) is 7. The van der Waals surface area contributed by atoms with Crippen LogP contribution in [0.25, 0.3) is 0 Å². The van der Waals surface area contributed by atoms with Crippen LogP contribution in [0.1, 0.15) is 54.8 Å². The maximum atomic E-state index is 13.0. The highest BCUT2D eigenvalue weighted by atomic mass is 16.5. The van der Waals surface area contributed by atoms with E-state index in [1.165, 1.54) is 12.1 Å². The number of hydrogen-bond donors (Lipinski definition) is 5. The van der Waals surface area contributed by atoms with E-state index < -0.39 is 23.7 Å². The number of aliphatic hydroxyl groups is 1. The molecule has 7 heteroatoms. The Labute approximate surface area is 186 Å². The average Bonchev–Trinajstić information content (AvgIpc) is 2.69. The standard InChI is InChI=1S/C25H28O7/c1-12(2)5-6-14(13(3)4)9-17-19(28)11-20(29)21-22(30)23(31)25(32-24(17)21)16-8-7-15(26)10-18(16)27/h5,7-8,10-11,14,23,25-29,31H,3,6,9H2,1-2,4H3. The van der Waals surface area contributed by atoms with Gasteiger partial charge in [-0.1, -0.05) is 23.8 Å². The second-order valence-electron chi connectivity index (χ2n) is 8.45. The molecule has 0 saturated carbocycles. The summed E-state index contributed by atoms with van der Waals surface area (Å²) in [7, 11) is 0. The van der Waals surface area contributed by atoms with Crippen molar-refractivity contribution in [2.24, 2.45) is 5.92 Å². The van der Waals surface area contributed by atoms with Crippen molar-refractivity contribution in [2.45, 2.75) is 45.8 Å². The third-order valence-electron chi connectivity index (χ3n) is 5.67. The van der Waals surface area contributed by atoms with E-state index in [2.05, 4.69) is 12.7 Å². The van der Waals surface area contributed by atoms with Gasteiger partial charge in [-0.25, -0.2) is 0 Å². The number of carbonyl (C=O) groups excluding carboxylic acids is 1. The van der Waals surface area contributed by atoms with Gasteiger partial charge in [0.1, 0.15) is 34.3 Å². The first-order valence-electron chi connectivity index (χ1n) is 10.3. The van der Waals surface area contributed by atoms with Gasteiger partial charge >= 0.3 is 0 Å². The maximum absolute atomic E-state index is 13.0. The number of carbonyl (C=O) groups is 1. The van der Waals surface area contributed by atoms with E-state index in [0.717, 1.165) is 23.3 Å². The summed E-state index contributed by atoms with van der Waals surface area (Å²) in [5.74, 6) is -2.22. The first kappa shape index (κ1) is 23.2. The molecule has 0 amide bonds. The molecule has 1 aliphatic heterocycles. The first-order chi connectivity index (χ1) is 15.0. The van der Waals surface area contributed by atoms with Gasteiger partial charge in [-0.2, -0.15) is 0 Å². The number of Topliss-reactive ketones (excluding diaryl/α,β-unsaturated/α-hetero) is 1. The predicted molar refractivity (Wildman–Crippen MR) is 119 cm³/mol. The number of allylic oxidation sites excluding steroid dienone is 3. The maximum Gasteiger partial charge on any atom is 0.202 e. The van der Waals surface area contributed by atoms with Gasteiger partial charge in [-0.05, 0) is 51.7 Å². The molecule has 1 heterocycles. The van der Waals surface area contributed by atoms with Crippen LogP contribution >= 0.6 is 0 Å². The molecule has 3 rings (SSSR count). The number of ether oxygens (including phenoxy) is 1. The van der Waals surface area contributed by atoms with Gasteiger partial charge in [0.15, 0.2) is 12.2 Å². The Bertz CT molecular complexity index is 1100. The van der Waals surface area contributed by atoms with E-state index in [0.29, 0.717) is 12.0 Å². The van der Waals surface area contributed by atoms with Crippen LogP contribution in [0.4, 0.5) is 0 Å². The number of rotatable bonds is 6. The van der Waals surface area contributed by atoms with Gasteiger partial charge < -0.3 is 30.3 Å². The Hall–Kier alpha value is -3.45. The topological polar surface area (TPSA) is 127 Å². The Morgan fingerprint density at radius 2 is 1.78 bits per heavy atom. The molecule has 32 heavy (non-hydrogen) atoms. The zero-order valence-electron chi connectivity index (χ0n) is 18.3. The lowest BCUT2D eigenvalue weighted by Gasteiger charge is -2.32. The van der Waals surface area contributed by atoms with E-state index in [4.69, 9.17) is 4.74 Å². The van der Waals surface area contributed by atoms with Gasteiger partial charge in [0, 0.05) is 23.3 Å². The Kier molecular flexibility index (Phi) is 6.50. The van der Waals surface area contributed by atoms with Gasteiger partial charge in [0.25, 0.3) is 0 Å². The van der Waals surface area contributed by atoms with Crippen molar-refractivity contribution in [3.05, 3.63) is 64.8 Å². The Morgan fingerprint density at radius 1 is 1.09 bits per heavy atom. The van der Waals surface area contributed by atoms with E-state index in [1.54, 1.807) is 0 Å². The number of aromatic hydroxyl groups is 4. The van der Waals surface area contributed by atoms with Crippen LogP contribution in [0.5, 0.6) is 28.7 Å². The number of aliphatic hydroxyl groups excluding tert-OH is 1. The first-order valence-corrected chi connectivity index (χ1v) is 10.3. The summed E-state index contributed by atoms with van der Waals surface area (Å²) in [5, 5.41) is 51.3. The molecule has 0 radical (unpaired) electrons. The van der Waals surface area contributed by atoms with Gasteiger partial charge in [-0.3, -0.25) is 4.79 Å². The van der Waals surface area contributed by atoms with E-state index >= 15 is 0 Å². The molecule has 0 saturated heterocycles. The SMILES string of the molecule is C=C(C)C(CC=C(C)C)Cc1c(O)cc(O)c2c1OC(c1ccc(O)cc1O)C(O)C2=O. The molecule has 5 N–H and O–H groups in total. The Morgan fingerprint density at radius 3 is 2.38 bits per heavy atom. The second-order valence-corrected chi connectivity index (χ2v) is 8.45. The van der Waals surface area contributed by atoms with Crippen molar-refractivity contribution >= 4 is 5.78 Å². The molecule has 0 aromatic heterocycles. The van der Waals surface area contributed by atoms with E-state index in [9.17, 15) is 30.3 Å². The molecule has 2 aromatic rings. The highest BCUT2D eigenvalue weighted by molar-refractivity contribution is 6.06. The smallest absolute Gasteiger partial charge is 0.202 e. The molecule has 3 atom stereocenters. The fourth-order valence-corrected chi connectivity index (χ4v) is 3.80. The van der Waals surface area contributed by atoms with Crippen LogP contribution in [0.3, 0.4) is 0 Å². The minimum Gasteiger partial charge on any atom is -0.508 e. The Balaban J connectivity index is 2.11. The van der Waals surface area contributed by atoms with Crippen molar-refractivity contribution in [3.8, 4) is 28.7 Å². The van der Waals surface area contributed by atoms with Gasteiger partial charge in [0.05, 0.1) is 0 Å². The number of benzene rings is 2. The van der Waals surface area contributed by atoms with Crippen molar-refractivity contribution < 1.29 is 35.1 Å². The van der Waals surface area contributed by atoms with Crippen LogP contribution in [0.2, 0.25) is 0 Å². The lowest BCUT2D eigenvalue weighted by Crippen LogP contribution is -2.36. The van der Waals surface area contributed by atoms with Crippen LogP contribution in [0.15, 0.2) is 48.1 Å². The summed E-state index contributed by atoms with van der Waals surface area (Å²) in [6.45, 7) is 9.87. The summed E-state index contributed by atoms with van der Waals surface area (Å²) in [6.07, 6.45) is -0.00649. The van der Waals surface area contributed by atoms with Crippen LogP contribution in [-0.4, -0.2) is 37.4 Å². The molecule has 0 spiro atoms. The highest BCUT2D eigenvalue weighted by Gasteiger charge is 2.42. The lowest BCUT2D eigenvalue weighted by atomic mass is 9.85.